The summed E-state index contributed by atoms with van der Waals surface area (Å²) >= 11 is 0. The van der Waals surface area contributed by atoms with Crippen molar-refractivity contribution >= 4 is 33.6 Å². The molecule has 0 aliphatic heterocycles. The van der Waals surface area contributed by atoms with Gasteiger partial charge >= 0.3 is 5.97 Å². The molecule has 24 heavy (non-hydrogen) atoms. The Balaban J connectivity index is 1.97. The van der Waals surface area contributed by atoms with E-state index in [0.29, 0.717) is 5.56 Å². The quantitative estimate of drug-likeness (QED) is 0.555. The van der Waals surface area contributed by atoms with Crippen LogP contribution in [0.15, 0.2) is 66.7 Å². The SMILES string of the molecule is O=C(O)c1ccccc1C(=O)c1cccc2c1[nH]c1ccccc12. The molecule has 116 valence electrons. The molecule has 0 aliphatic rings. The molecular formula is C20H13NO3. The molecule has 3 aromatic carbocycles. The second-order valence-corrected chi connectivity index (χ2v) is 5.58. The van der Waals surface area contributed by atoms with Crippen LogP contribution in [0.1, 0.15) is 26.3 Å². The molecule has 0 saturated carbocycles. The highest BCUT2D eigenvalue weighted by Crippen LogP contribution is 2.29. The summed E-state index contributed by atoms with van der Waals surface area (Å²) in [6, 6.07) is 19.6. The number of aromatic amines is 1. The number of aromatic nitrogens is 1. The molecule has 4 heteroatoms. The maximum Gasteiger partial charge on any atom is 0.336 e. The zero-order valence-electron chi connectivity index (χ0n) is 12.6. The molecular weight excluding hydrogens is 302 g/mol. The molecule has 1 heterocycles. The maximum absolute atomic E-state index is 13.0. The van der Waals surface area contributed by atoms with Crippen molar-refractivity contribution in [3.63, 3.8) is 0 Å². The van der Waals surface area contributed by atoms with Crippen LogP contribution in [0.25, 0.3) is 21.8 Å². The van der Waals surface area contributed by atoms with E-state index < -0.39 is 5.97 Å². The van der Waals surface area contributed by atoms with Gasteiger partial charge in [0.25, 0.3) is 0 Å². The lowest BCUT2D eigenvalue weighted by Gasteiger charge is -2.06. The zero-order chi connectivity index (χ0) is 16.7. The molecule has 2 N–H and O–H groups in total. The number of hydrogen-bond acceptors (Lipinski definition) is 2. The Morgan fingerprint density at radius 3 is 2.12 bits per heavy atom. The molecule has 0 amide bonds. The van der Waals surface area contributed by atoms with Crippen LogP contribution in [-0.4, -0.2) is 21.8 Å². The second-order valence-electron chi connectivity index (χ2n) is 5.58. The Kier molecular flexibility index (Phi) is 3.17. The topological polar surface area (TPSA) is 70.2 Å². The highest BCUT2D eigenvalue weighted by Gasteiger charge is 2.20. The lowest BCUT2D eigenvalue weighted by molar-refractivity contribution is 0.0693. The number of nitrogens with one attached hydrogen (secondary N) is 1. The van der Waals surface area contributed by atoms with Crippen molar-refractivity contribution in [1.29, 1.82) is 0 Å². The van der Waals surface area contributed by atoms with Gasteiger partial charge in [-0.05, 0) is 18.2 Å². The normalized spacial score (nSPS) is 11.0. The number of H-pyrrole nitrogens is 1. The number of fused-ring (bicyclic) bond motifs is 3. The van der Waals surface area contributed by atoms with E-state index >= 15 is 0 Å². The minimum atomic E-state index is -1.11. The van der Waals surface area contributed by atoms with Crippen LogP contribution in [0.3, 0.4) is 0 Å². The number of carboxylic acids is 1. The summed E-state index contributed by atoms with van der Waals surface area (Å²) in [5.41, 5.74) is 2.34. The van der Waals surface area contributed by atoms with E-state index in [0.717, 1.165) is 21.8 Å². The van der Waals surface area contributed by atoms with Crippen molar-refractivity contribution in [1.82, 2.24) is 4.98 Å². The average Bonchev–Trinajstić information content (AvgIpc) is 3.00. The van der Waals surface area contributed by atoms with Gasteiger partial charge in [0.1, 0.15) is 0 Å². The third-order valence-electron chi connectivity index (χ3n) is 4.19. The smallest absolute Gasteiger partial charge is 0.336 e. The second kappa shape index (κ2) is 5.35. The number of aromatic carboxylic acids is 1. The summed E-state index contributed by atoms with van der Waals surface area (Å²) in [5.74, 6) is -1.41. The summed E-state index contributed by atoms with van der Waals surface area (Å²) in [5, 5.41) is 11.3. The van der Waals surface area contributed by atoms with Crippen LogP contribution in [0.4, 0.5) is 0 Å². The van der Waals surface area contributed by atoms with Gasteiger partial charge in [-0.3, -0.25) is 4.79 Å². The lowest BCUT2D eigenvalue weighted by atomic mass is 9.97. The third-order valence-corrected chi connectivity index (χ3v) is 4.19. The van der Waals surface area contributed by atoms with Crippen LogP contribution in [0.2, 0.25) is 0 Å². The molecule has 4 aromatic rings. The molecule has 1 aromatic heterocycles. The lowest BCUT2D eigenvalue weighted by Crippen LogP contribution is -2.09. The monoisotopic (exact) mass is 315 g/mol. The van der Waals surface area contributed by atoms with Crippen LogP contribution >= 0.6 is 0 Å². The Labute approximate surface area is 137 Å². The fourth-order valence-corrected chi connectivity index (χ4v) is 3.08. The van der Waals surface area contributed by atoms with Crippen LogP contribution in [-0.2, 0) is 0 Å². The summed E-state index contributed by atoms with van der Waals surface area (Å²) in [4.78, 5) is 27.7. The van der Waals surface area contributed by atoms with E-state index in [1.807, 2.05) is 36.4 Å². The van der Waals surface area contributed by atoms with Crippen molar-refractivity contribution in [2.75, 3.05) is 0 Å². The molecule has 0 fully saturated rings. The van der Waals surface area contributed by atoms with Gasteiger partial charge in [0, 0.05) is 27.4 Å². The number of para-hydroxylation sites is 2. The van der Waals surface area contributed by atoms with Gasteiger partial charge in [-0.2, -0.15) is 0 Å². The largest absolute Gasteiger partial charge is 0.478 e. The van der Waals surface area contributed by atoms with E-state index in [9.17, 15) is 14.7 Å². The third kappa shape index (κ3) is 2.08. The Bertz CT molecular complexity index is 1110. The zero-order valence-corrected chi connectivity index (χ0v) is 12.6. The molecule has 0 unspecified atom stereocenters. The molecule has 4 rings (SSSR count). The van der Waals surface area contributed by atoms with Gasteiger partial charge in [-0.15, -0.1) is 0 Å². The predicted molar refractivity (Wildman–Crippen MR) is 92.6 cm³/mol. The summed E-state index contributed by atoms with van der Waals surface area (Å²) < 4.78 is 0. The summed E-state index contributed by atoms with van der Waals surface area (Å²) in [7, 11) is 0. The van der Waals surface area contributed by atoms with E-state index in [4.69, 9.17) is 0 Å². The molecule has 0 saturated heterocycles. The Morgan fingerprint density at radius 2 is 1.33 bits per heavy atom. The number of benzene rings is 3. The Hall–Kier alpha value is -3.40. The summed E-state index contributed by atoms with van der Waals surface area (Å²) in [6.07, 6.45) is 0. The Morgan fingerprint density at radius 1 is 0.708 bits per heavy atom. The highest BCUT2D eigenvalue weighted by atomic mass is 16.4. The van der Waals surface area contributed by atoms with E-state index in [1.54, 1.807) is 24.3 Å². The van der Waals surface area contributed by atoms with E-state index in [1.165, 1.54) is 6.07 Å². The first kappa shape index (κ1) is 14.2. The van der Waals surface area contributed by atoms with Gasteiger partial charge in [-0.1, -0.05) is 48.5 Å². The van der Waals surface area contributed by atoms with Gasteiger partial charge in [0.2, 0.25) is 0 Å². The molecule has 0 aliphatic carbocycles. The minimum absolute atomic E-state index is 0.00983. The van der Waals surface area contributed by atoms with Gasteiger partial charge < -0.3 is 10.1 Å². The van der Waals surface area contributed by atoms with Crippen molar-refractivity contribution in [2.45, 2.75) is 0 Å². The number of carbonyl (C=O) groups excluding carboxylic acids is 1. The van der Waals surface area contributed by atoms with Gasteiger partial charge in [0.15, 0.2) is 5.78 Å². The first-order chi connectivity index (χ1) is 11.7. The number of hydrogen-bond donors (Lipinski definition) is 2. The fraction of sp³-hybridized carbons (Fsp3) is 0. The van der Waals surface area contributed by atoms with E-state index in [2.05, 4.69) is 4.98 Å². The fourth-order valence-electron chi connectivity index (χ4n) is 3.08. The van der Waals surface area contributed by atoms with Crippen molar-refractivity contribution < 1.29 is 14.7 Å². The van der Waals surface area contributed by atoms with Crippen molar-refractivity contribution in [3.05, 3.63) is 83.4 Å². The molecule has 0 bridgehead atoms. The number of rotatable bonds is 3. The predicted octanol–water partition coefficient (Wildman–Crippen LogP) is 4.25. The summed E-state index contributed by atoms with van der Waals surface area (Å²) in [6.45, 7) is 0. The van der Waals surface area contributed by atoms with Gasteiger partial charge in [-0.25, -0.2) is 4.79 Å². The standard InChI is InChI=1S/C20H13NO3/c22-19(14-7-1-2-8-15(14)20(23)24)16-10-5-9-13-12-6-3-4-11-17(12)21-18(13)16/h1-11,21H,(H,23,24). The van der Waals surface area contributed by atoms with Crippen molar-refractivity contribution in [3.8, 4) is 0 Å². The van der Waals surface area contributed by atoms with E-state index in [-0.39, 0.29) is 16.9 Å². The maximum atomic E-state index is 13.0. The molecule has 0 radical (unpaired) electrons. The van der Waals surface area contributed by atoms with Crippen molar-refractivity contribution in [2.24, 2.45) is 0 Å². The minimum Gasteiger partial charge on any atom is -0.478 e. The molecule has 0 spiro atoms. The molecule has 4 nitrogen and oxygen atoms in total. The number of ketones is 1. The first-order valence-electron chi connectivity index (χ1n) is 7.53. The van der Waals surface area contributed by atoms with Crippen LogP contribution < -0.4 is 0 Å². The number of carboxylic acid groups (broad SMARTS) is 1. The average molecular weight is 315 g/mol. The molecule has 0 atom stereocenters. The van der Waals surface area contributed by atoms with Gasteiger partial charge in [0.05, 0.1) is 11.1 Å². The number of carbonyl (C=O) groups is 2. The van der Waals surface area contributed by atoms with Crippen LogP contribution in [0.5, 0.6) is 0 Å². The highest BCUT2D eigenvalue weighted by molar-refractivity contribution is 6.22. The van der Waals surface area contributed by atoms with Crippen LogP contribution in [0, 0.1) is 0 Å². The first-order valence-corrected chi connectivity index (χ1v) is 7.53.